The van der Waals surface area contributed by atoms with Gasteiger partial charge in [0.1, 0.15) is 11.6 Å². The van der Waals surface area contributed by atoms with Gasteiger partial charge in [0, 0.05) is 37.5 Å². The van der Waals surface area contributed by atoms with Crippen molar-refractivity contribution in [3.8, 4) is 28.4 Å². The molecule has 0 spiro atoms. The third-order valence-electron chi connectivity index (χ3n) is 3.09. The van der Waals surface area contributed by atoms with Crippen molar-refractivity contribution >= 4 is 5.82 Å². The second-order valence-electron chi connectivity index (χ2n) is 4.67. The van der Waals surface area contributed by atoms with Gasteiger partial charge in [0.2, 0.25) is 0 Å². The van der Waals surface area contributed by atoms with Gasteiger partial charge in [0.25, 0.3) is 0 Å². The molecule has 2 aromatic heterocycles. The minimum atomic E-state index is 0.189. The molecule has 0 aliphatic rings. The summed E-state index contributed by atoms with van der Waals surface area (Å²) in [6.07, 6.45) is 3.65. The lowest BCUT2D eigenvalue weighted by atomic mass is 10.2. The third kappa shape index (κ3) is 2.69. The summed E-state index contributed by atoms with van der Waals surface area (Å²) in [6.45, 7) is 0. The molecule has 0 amide bonds. The van der Waals surface area contributed by atoms with Gasteiger partial charge in [-0.3, -0.25) is 4.68 Å². The van der Waals surface area contributed by atoms with Gasteiger partial charge in [-0.1, -0.05) is 12.1 Å². The molecule has 0 aliphatic heterocycles. The molecule has 2 heterocycles. The maximum atomic E-state index is 9.61. The van der Waals surface area contributed by atoms with E-state index in [9.17, 15) is 5.11 Å². The summed E-state index contributed by atoms with van der Waals surface area (Å²) in [5.41, 5.74) is 2.45. The molecule has 21 heavy (non-hydrogen) atoms. The number of aromatic nitrogens is 4. The molecule has 1 aromatic carbocycles. The van der Waals surface area contributed by atoms with Crippen LogP contribution >= 0.6 is 0 Å². The Morgan fingerprint density at radius 1 is 1.14 bits per heavy atom. The van der Waals surface area contributed by atoms with Gasteiger partial charge in [0.15, 0.2) is 5.82 Å². The molecule has 6 heteroatoms. The molecule has 0 radical (unpaired) electrons. The Morgan fingerprint density at radius 2 is 2.00 bits per heavy atom. The van der Waals surface area contributed by atoms with E-state index in [1.165, 1.54) is 0 Å². The molecular weight excluding hydrogens is 266 g/mol. The first kappa shape index (κ1) is 13.1. The van der Waals surface area contributed by atoms with Gasteiger partial charge >= 0.3 is 0 Å². The Labute approximate surface area is 122 Å². The van der Waals surface area contributed by atoms with Crippen LogP contribution in [0.1, 0.15) is 0 Å². The van der Waals surface area contributed by atoms with Crippen molar-refractivity contribution < 1.29 is 5.11 Å². The molecule has 0 saturated heterocycles. The van der Waals surface area contributed by atoms with Crippen LogP contribution in [0.4, 0.5) is 5.82 Å². The molecular formula is C15H15N5O. The highest BCUT2D eigenvalue weighted by Gasteiger charge is 2.09. The number of aromatic hydroxyl groups is 1. The zero-order valence-corrected chi connectivity index (χ0v) is 11.8. The Kier molecular flexibility index (Phi) is 3.27. The SMILES string of the molecule is CNc1cc(-c2cnn(C)c2)nc(-c2cccc(O)c2)n1. The standard InChI is InChI=1S/C15H15N5O/c1-16-14-7-13(11-8-17-20(2)9-11)18-15(19-14)10-4-3-5-12(21)6-10/h3-9,21H,1-2H3,(H,16,18,19). The van der Waals surface area contributed by atoms with E-state index in [1.807, 2.05) is 32.4 Å². The minimum Gasteiger partial charge on any atom is -0.508 e. The minimum absolute atomic E-state index is 0.189. The summed E-state index contributed by atoms with van der Waals surface area (Å²) in [6, 6.07) is 8.75. The van der Waals surface area contributed by atoms with Gasteiger partial charge in [-0.15, -0.1) is 0 Å². The van der Waals surface area contributed by atoms with Gasteiger partial charge < -0.3 is 10.4 Å². The second kappa shape index (κ2) is 5.24. The first-order valence-corrected chi connectivity index (χ1v) is 6.51. The Morgan fingerprint density at radius 3 is 2.67 bits per heavy atom. The van der Waals surface area contributed by atoms with E-state index >= 15 is 0 Å². The smallest absolute Gasteiger partial charge is 0.162 e. The monoisotopic (exact) mass is 281 g/mol. The molecule has 0 saturated carbocycles. The lowest BCUT2D eigenvalue weighted by Crippen LogP contribution is -1.98. The Balaban J connectivity index is 2.13. The van der Waals surface area contributed by atoms with Crippen LogP contribution < -0.4 is 5.32 Å². The van der Waals surface area contributed by atoms with Crippen LogP contribution in [0, 0.1) is 0 Å². The van der Waals surface area contributed by atoms with Crippen LogP contribution in [-0.4, -0.2) is 31.9 Å². The number of nitrogens with zero attached hydrogens (tertiary/aromatic N) is 4. The summed E-state index contributed by atoms with van der Waals surface area (Å²) in [5.74, 6) is 1.45. The predicted molar refractivity (Wildman–Crippen MR) is 80.9 cm³/mol. The fourth-order valence-corrected chi connectivity index (χ4v) is 2.05. The third-order valence-corrected chi connectivity index (χ3v) is 3.09. The van der Waals surface area contributed by atoms with Gasteiger partial charge in [-0.25, -0.2) is 9.97 Å². The number of hydrogen-bond acceptors (Lipinski definition) is 5. The van der Waals surface area contributed by atoms with Crippen LogP contribution in [0.3, 0.4) is 0 Å². The van der Waals surface area contributed by atoms with E-state index in [-0.39, 0.29) is 5.75 Å². The van der Waals surface area contributed by atoms with Crippen LogP contribution in [0.25, 0.3) is 22.6 Å². The average molecular weight is 281 g/mol. The van der Waals surface area contributed by atoms with Crippen molar-refractivity contribution in [3.05, 3.63) is 42.7 Å². The zero-order valence-electron chi connectivity index (χ0n) is 11.8. The first-order chi connectivity index (χ1) is 10.2. The maximum Gasteiger partial charge on any atom is 0.162 e. The number of nitrogens with one attached hydrogen (secondary N) is 1. The quantitative estimate of drug-likeness (QED) is 0.770. The van der Waals surface area contributed by atoms with Crippen LogP contribution in [0.15, 0.2) is 42.7 Å². The largest absolute Gasteiger partial charge is 0.508 e. The molecule has 2 N–H and O–H groups in total. The lowest BCUT2D eigenvalue weighted by Gasteiger charge is -2.07. The number of rotatable bonds is 3. The predicted octanol–water partition coefficient (Wildman–Crippen LogP) is 2.29. The molecule has 0 aliphatic carbocycles. The number of aryl methyl sites for hydroxylation is 1. The number of phenols is 1. The molecule has 0 atom stereocenters. The average Bonchev–Trinajstić information content (AvgIpc) is 2.93. The highest BCUT2D eigenvalue weighted by atomic mass is 16.3. The normalized spacial score (nSPS) is 10.6. The van der Waals surface area contributed by atoms with Crippen molar-refractivity contribution in [2.24, 2.45) is 7.05 Å². The molecule has 3 aromatic rings. The number of hydrogen-bond donors (Lipinski definition) is 2. The fraction of sp³-hybridized carbons (Fsp3) is 0.133. The first-order valence-electron chi connectivity index (χ1n) is 6.51. The maximum absolute atomic E-state index is 9.61. The molecule has 6 nitrogen and oxygen atoms in total. The highest BCUT2D eigenvalue weighted by molar-refractivity contribution is 5.67. The van der Waals surface area contributed by atoms with Gasteiger partial charge in [0.05, 0.1) is 11.9 Å². The van der Waals surface area contributed by atoms with Crippen molar-refractivity contribution in [3.63, 3.8) is 0 Å². The van der Waals surface area contributed by atoms with E-state index in [0.717, 1.165) is 16.8 Å². The summed E-state index contributed by atoms with van der Waals surface area (Å²) >= 11 is 0. The number of benzene rings is 1. The van der Waals surface area contributed by atoms with Crippen molar-refractivity contribution in [1.82, 2.24) is 19.7 Å². The second-order valence-corrected chi connectivity index (χ2v) is 4.67. The molecule has 106 valence electrons. The highest BCUT2D eigenvalue weighted by Crippen LogP contribution is 2.25. The fourth-order valence-electron chi connectivity index (χ4n) is 2.05. The van der Waals surface area contributed by atoms with E-state index in [0.29, 0.717) is 11.6 Å². The Bertz CT molecular complexity index is 781. The zero-order chi connectivity index (χ0) is 14.8. The number of anilines is 1. The summed E-state index contributed by atoms with van der Waals surface area (Å²) in [4.78, 5) is 9.00. The van der Waals surface area contributed by atoms with Crippen molar-refractivity contribution in [1.29, 1.82) is 0 Å². The van der Waals surface area contributed by atoms with Crippen molar-refractivity contribution in [2.75, 3.05) is 12.4 Å². The lowest BCUT2D eigenvalue weighted by molar-refractivity contribution is 0.475. The van der Waals surface area contributed by atoms with E-state index < -0.39 is 0 Å². The van der Waals surface area contributed by atoms with Crippen LogP contribution in [0.5, 0.6) is 5.75 Å². The van der Waals surface area contributed by atoms with E-state index in [4.69, 9.17) is 0 Å². The van der Waals surface area contributed by atoms with Crippen LogP contribution in [0.2, 0.25) is 0 Å². The summed E-state index contributed by atoms with van der Waals surface area (Å²) in [5, 5.41) is 16.8. The molecule has 3 rings (SSSR count). The Hall–Kier alpha value is -2.89. The van der Waals surface area contributed by atoms with Gasteiger partial charge in [-0.05, 0) is 12.1 Å². The summed E-state index contributed by atoms with van der Waals surface area (Å²) < 4.78 is 1.73. The van der Waals surface area contributed by atoms with Gasteiger partial charge in [-0.2, -0.15) is 5.10 Å². The molecule has 0 fully saturated rings. The number of phenolic OH excluding ortho intramolecular Hbond substituents is 1. The molecule has 0 bridgehead atoms. The van der Waals surface area contributed by atoms with Crippen molar-refractivity contribution in [2.45, 2.75) is 0 Å². The summed E-state index contributed by atoms with van der Waals surface area (Å²) in [7, 11) is 3.67. The molecule has 0 unspecified atom stereocenters. The topological polar surface area (TPSA) is 75.9 Å². The van der Waals surface area contributed by atoms with E-state index in [2.05, 4.69) is 20.4 Å². The van der Waals surface area contributed by atoms with Crippen LogP contribution in [-0.2, 0) is 7.05 Å². The van der Waals surface area contributed by atoms with E-state index in [1.54, 1.807) is 29.1 Å².